The van der Waals surface area contributed by atoms with Gasteiger partial charge in [-0.1, -0.05) is 37.3 Å². The zero-order valence-corrected chi connectivity index (χ0v) is 15.6. The van der Waals surface area contributed by atoms with Gasteiger partial charge in [0, 0.05) is 17.3 Å². The number of fused-ring (bicyclic) bond motifs is 1. The summed E-state index contributed by atoms with van der Waals surface area (Å²) in [5.74, 6) is 1.39. The second kappa shape index (κ2) is 7.11. The fourth-order valence-corrected chi connectivity index (χ4v) is 3.35. The largest absolute Gasteiger partial charge is 0.493 e. The van der Waals surface area contributed by atoms with Crippen molar-refractivity contribution in [2.75, 3.05) is 14.2 Å². The molecule has 0 saturated carbocycles. The lowest BCUT2D eigenvalue weighted by Gasteiger charge is -2.10. The minimum atomic E-state index is 0.686. The van der Waals surface area contributed by atoms with Crippen molar-refractivity contribution in [3.8, 4) is 33.9 Å². The molecule has 5 nitrogen and oxygen atoms in total. The highest BCUT2D eigenvalue weighted by Gasteiger charge is 2.17. The number of methoxy groups -OCH3 is 2. The van der Waals surface area contributed by atoms with Crippen molar-refractivity contribution in [2.24, 2.45) is 0 Å². The molecule has 0 aliphatic heterocycles. The van der Waals surface area contributed by atoms with Crippen LogP contribution < -0.4 is 9.47 Å². The molecule has 0 aliphatic carbocycles. The van der Waals surface area contributed by atoms with Crippen LogP contribution in [0.2, 0.25) is 0 Å². The van der Waals surface area contributed by atoms with Crippen LogP contribution in [0.15, 0.2) is 60.8 Å². The van der Waals surface area contributed by atoms with Gasteiger partial charge in [0.1, 0.15) is 0 Å². The number of ether oxygens (including phenoxy) is 2. The molecule has 0 fully saturated rings. The summed E-state index contributed by atoms with van der Waals surface area (Å²) in [6, 6.07) is 18.1. The Hall–Kier alpha value is -3.34. The highest BCUT2D eigenvalue weighted by atomic mass is 16.5. The molecule has 27 heavy (non-hydrogen) atoms. The number of nitrogens with zero attached hydrogens (tertiary/aromatic N) is 3. The number of rotatable bonds is 5. The van der Waals surface area contributed by atoms with Gasteiger partial charge < -0.3 is 9.47 Å². The Morgan fingerprint density at radius 2 is 1.67 bits per heavy atom. The lowest BCUT2D eigenvalue weighted by molar-refractivity contribution is 0.355. The molecule has 2 aromatic carbocycles. The van der Waals surface area contributed by atoms with E-state index in [9.17, 15) is 0 Å². The Bertz CT molecular complexity index is 1090. The Balaban J connectivity index is 1.95. The maximum atomic E-state index is 5.46. The summed E-state index contributed by atoms with van der Waals surface area (Å²) in [4.78, 5) is 4.63. The van der Waals surface area contributed by atoms with Crippen molar-refractivity contribution in [3.63, 3.8) is 0 Å². The third-order valence-electron chi connectivity index (χ3n) is 4.67. The second-order valence-electron chi connectivity index (χ2n) is 6.18. The van der Waals surface area contributed by atoms with E-state index in [1.54, 1.807) is 14.2 Å². The second-order valence-corrected chi connectivity index (χ2v) is 6.18. The van der Waals surface area contributed by atoms with Crippen LogP contribution in [-0.2, 0) is 6.42 Å². The molecule has 4 rings (SSSR count). The van der Waals surface area contributed by atoms with Gasteiger partial charge in [-0.3, -0.25) is 0 Å². The van der Waals surface area contributed by atoms with Crippen LogP contribution >= 0.6 is 0 Å². The number of aromatic nitrogens is 3. The molecule has 0 aliphatic rings. The van der Waals surface area contributed by atoms with Crippen LogP contribution in [0.25, 0.3) is 28.0 Å². The minimum Gasteiger partial charge on any atom is -0.493 e. The molecule has 0 spiro atoms. The molecule has 2 heterocycles. The maximum absolute atomic E-state index is 5.46. The Morgan fingerprint density at radius 1 is 0.889 bits per heavy atom. The zero-order valence-electron chi connectivity index (χ0n) is 15.6. The molecule has 0 amide bonds. The molecule has 4 aromatic rings. The van der Waals surface area contributed by atoms with Gasteiger partial charge in [0.15, 0.2) is 17.1 Å². The highest BCUT2D eigenvalue weighted by Crippen LogP contribution is 2.34. The summed E-state index contributed by atoms with van der Waals surface area (Å²) in [7, 11) is 3.27. The summed E-state index contributed by atoms with van der Waals surface area (Å²) in [6.07, 6.45) is 2.66. The third-order valence-corrected chi connectivity index (χ3v) is 4.67. The number of hydrogen-bond donors (Lipinski definition) is 0. The van der Waals surface area contributed by atoms with Crippen LogP contribution in [0.5, 0.6) is 11.5 Å². The standard InChI is InChI=1S/C22H21N3O2/c1-4-17-21(15-8-6-5-7-9-15)22-23-13-12-18(25(22)24-17)16-10-11-19(26-2)20(14-16)27-3/h5-14H,4H2,1-3H3. The van der Waals surface area contributed by atoms with Crippen molar-refractivity contribution in [1.29, 1.82) is 0 Å². The molecule has 0 unspecified atom stereocenters. The number of hydrogen-bond acceptors (Lipinski definition) is 4. The normalized spacial score (nSPS) is 10.9. The van der Waals surface area contributed by atoms with E-state index in [1.807, 2.05) is 53.2 Å². The lowest BCUT2D eigenvalue weighted by Crippen LogP contribution is -1.97. The highest BCUT2D eigenvalue weighted by molar-refractivity contribution is 5.81. The minimum absolute atomic E-state index is 0.686. The summed E-state index contributed by atoms with van der Waals surface area (Å²) < 4.78 is 12.7. The summed E-state index contributed by atoms with van der Waals surface area (Å²) in [6.45, 7) is 2.12. The summed E-state index contributed by atoms with van der Waals surface area (Å²) >= 11 is 0. The van der Waals surface area contributed by atoms with Gasteiger partial charge in [-0.2, -0.15) is 5.10 Å². The first kappa shape index (κ1) is 17.1. The molecule has 0 radical (unpaired) electrons. The van der Waals surface area contributed by atoms with E-state index < -0.39 is 0 Å². The Labute approximate surface area is 158 Å². The molecule has 0 bridgehead atoms. The quantitative estimate of drug-likeness (QED) is 0.521. The van der Waals surface area contributed by atoms with Crippen molar-refractivity contribution in [3.05, 3.63) is 66.5 Å². The maximum Gasteiger partial charge on any atom is 0.163 e. The fourth-order valence-electron chi connectivity index (χ4n) is 3.35. The molecule has 5 heteroatoms. The Kier molecular flexibility index (Phi) is 4.50. The van der Waals surface area contributed by atoms with E-state index in [0.29, 0.717) is 11.5 Å². The average Bonchev–Trinajstić information content (AvgIpc) is 3.12. The van der Waals surface area contributed by atoms with Crippen molar-refractivity contribution < 1.29 is 9.47 Å². The van der Waals surface area contributed by atoms with E-state index in [4.69, 9.17) is 14.6 Å². The van der Waals surface area contributed by atoms with E-state index in [0.717, 1.165) is 40.1 Å². The molecular weight excluding hydrogens is 338 g/mol. The third kappa shape index (κ3) is 2.91. The Morgan fingerprint density at radius 3 is 2.37 bits per heavy atom. The predicted molar refractivity (Wildman–Crippen MR) is 106 cm³/mol. The summed E-state index contributed by atoms with van der Waals surface area (Å²) in [5, 5.41) is 4.86. The van der Waals surface area contributed by atoms with E-state index in [2.05, 4.69) is 24.0 Å². The first-order chi connectivity index (χ1) is 13.3. The summed E-state index contributed by atoms with van der Waals surface area (Å²) in [5.41, 5.74) is 6.04. The lowest BCUT2D eigenvalue weighted by atomic mass is 10.0. The van der Waals surface area contributed by atoms with Crippen LogP contribution in [0.1, 0.15) is 12.6 Å². The smallest absolute Gasteiger partial charge is 0.163 e. The number of benzene rings is 2. The van der Waals surface area contributed by atoms with Gasteiger partial charge in [-0.25, -0.2) is 9.50 Å². The fraction of sp³-hybridized carbons (Fsp3) is 0.182. The van der Waals surface area contributed by atoms with Crippen LogP contribution in [0, 0.1) is 0 Å². The number of aryl methyl sites for hydroxylation is 1. The van der Waals surface area contributed by atoms with Gasteiger partial charge in [0.05, 0.1) is 25.6 Å². The van der Waals surface area contributed by atoms with Crippen LogP contribution in [0.4, 0.5) is 0 Å². The van der Waals surface area contributed by atoms with Crippen LogP contribution in [0.3, 0.4) is 0 Å². The van der Waals surface area contributed by atoms with Crippen molar-refractivity contribution in [2.45, 2.75) is 13.3 Å². The van der Waals surface area contributed by atoms with Gasteiger partial charge in [-0.15, -0.1) is 0 Å². The van der Waals surface area contributed by atoms with Gasteiger partial charge in [0.2, 0.25) is 0 Å². The molecular formula is C22H21N3O2. The average molecular weight is 359 g/mol. The zero-order chi connectivity index (χ0) is 18.8. The van der Waals surface area contributed by atoms with E-state index in [-0.39, 0.29) is 0 Å². The molecule has 0 saturated heterocycles. The molecule has 136 valence electrons. The van der Waals surface area contributed by atoms with Gasteiger partial charge in [-0.05, 0) is 36.2 Å². The van der Waals surface area contributed by atoms with E-state index >= 15 is 0 Å². The van der Waals surface area contributed by atoms with Gasteiger partial charge >= 0.3 is 0 Å². The molecule has 2 aromatic heterocycles. The van der Waals surface area contributed by atoms with Gasteiger partial charge in [0.25, 0.3) is 0 Å². The topological polar surface area (TPSA) is 48.7 Å². The molecule has 0 atom stereocenters. The van der Waals surface area contributed by atoms with E-state index in [1.165, 1.54) is 0 Å². The first-order valence-corrected chi connectivity index (χ1v) is 8.91. The SMILES string of the molecule is CCc1nn2c(-c3ccc(OC)c(OC)c3)ccnc2c1-c1ccccc1. The predicted octanol–water partition coefficient (Wildman–Crippen LogP) is 4.64. The monoisotopic (exact) mass is 359 g/mol. The first-order valence-electron chi connectivity index (χ1n) is 8.91. The molecule has 0 N–H and O–H groups in total. The van der Waals surface area contributed by atoms with Crippen molar-refractivity contribution in [1.82, 2.24) is 14.6 Å². The van der Waals surface area contributed by atoms with Crippen molar-refractivity contribution >= 4 is 5.65 Å². The van der Waals surface area contributed by atoms with Crippen LogP contribution in [-0.4, -0.2) is 28.8 Å².